The Labute approximate surface area is 163 Å². The summed E-state index contributed by atoms with van der Waals surface area (Å²) in [5.74, 6) is -0.478. The van der Waals surface area contributed by atoms with Crippen LogP contribution in [0.4, 0.5) is 16.2 Å². The minimum atomic E-state index is -0.628. The van der Waals surface area contributed by atoms with Crippen molar-refractivity contribution in [2.24, 2.45) is 5.73 Å². The molecule has 2 aliphatic heterocycles. The van der Waals surface area contributed by atoms with Crippen molar-refractivity contribution in [1.82, 2.24) is 4.90 Å². The van der Waals surface area contributed by atoms with Crippen molar-refractivity contribution in [3.8, 4) is 0 Å². The fourth-order valence-electron chi connectivity index (χ4n) is 3.85. The highest BCUT2D eigenvalue weighted by atomic mass is 35.5. The first-order valence-corrected chi connectivity index (χ1v) is 9.39. The largest absolute Gasteiger partial charge is 0.368 e. The predicted octanol–water partition coefficient (Wildman–Crippen LogP) is 2.50. The van der Waals surface area contributed by atoms with Crippen LogP contribution in [-0.4, -0.2) is 49.1 Å². The third kappa shape index (κ3) is 3.21. The number of urea groups is 1. The van der Waals surface area contributed by atoms with Crippen LogP contribution in [0.25, 0.3) is 0 Å². The quantitative estimate of drug-likeness (QED) is 0.864. The van der Waals surface area contributed by atoms with E-state index in [1.165, 1.54) is 0 Å². The molecule has 27 heavy (non-hydrogen) atoms. The fraction of sp³-hybridized carbons (Fsp3) is 0.300. The van der Waals surface area contributed by atoms with Crippen LogP contribution in [0.5, 0.6) is 0 Å². The molecule has 7 heteroatoms. The number of benzene rings is 2. The van der Waals surface area contributed by atoms with Gasteiger partial charge in [0.1, 0.15) is 6.04 Å². The highest BCUT2D eigenvalue weighted by molar-refractivity contribution is 6.33. The molecular weight excluding hydrogens is 364 g/mol. The van der Waals surface area contributed by atoms with E-state index in [2.05, 4.69) is 4.90 Å². The molecule has 1 saturated heterocycles. The minimum Gasteiger partial charge on any atom is -0.368 e. The molecule has 2 N–H and O–H groups in total. The molecule has 3 amide bonds. The summed E-state index contributed by atoms with van der Waals surface area (Å²) in [6.07, 6.45) is 0.469. The third-order valence-electron chi connectivity index (χ3n) is 5.25. The first-order chi connectivity index (χ1) is 13.1. The number of fused-ring (bicyclic) bond motifs is 1. The van der Waals surface area contributed by atoms with Crippen molar-refractivity contribution in [2.75, 3.05) is 36.0 Å². The highest BCUT2D eigenvalue weighted by Gasteiger charge is 2.39. The number of para-hydroxylation sites is 2. The molecule has 1 fully saturated rings. The lowest BCUT2D eigenvalue weighted by atomic mass is 10.1. The van der Waals surface area contributed by atoms with Gasteiger partial charge in [-0.3, -0.25) is 9.69 Å². The van der Waals surface area contributed by atoms with Crippen molar-refractivity contribution in [1.29, 1.82) is 0 Å². The van der Waals surface area contributed by atoms with E-state index < -0.39 is 11.9 Å². The average Bonchev–Trinajstić information content (AvgIpc) is 3.08. The van der Waals surface area contributed by atoms with Crippen LogP contribution in [-0.2, 0) is 11.2 Å². The molecule has 4 rings (SSSR count). The molecule has 0 bridgehead atoms. The molecule has 2 heterocycles. The summed E-state index contributed by atoms with van der Waals surface area (Å²) in [5, 5.41) is 0.708. The maximum absolute atomic E-state index is 13.2. The van der Waals surface area contributed by atoms with E-state index in [-0.39, 0.29) is 6.03 Å². The number of nitrogens with zero attached hydrogens (tertiary/aromatic N) is 3. The molecule has 0 saturated carbocycles. The highest BCUT2D eigenvalue weighted by Crippen LogP contribution is 2.33. The lowest BCUT2D eigenvalue weighted by molar-refractivity contribution is -0.119. The molecule has 0 aromatic heterocycles. The average molecular weight is 385 g/mol. The normalized spacial score (nSPS) is 19.1. The lowest BCUT2D eigenvalue weighted by Gasteiger charge is -2.39. The lowest BCUT2D eigenvalue weighted by Crippen LogP contribution is -2.56. The van der Waals surface area contributed by atoms with Crippen LogP contribution < -0.4 is 15.5 Å². The fourth-order valence-corrected chi connectivity index (χ4v) is 4.10. The summed E-state index contributed by atoms with van der Waals surface area (Å²) in [4.78, 5) is 30.6. The molecule has 1 atom stereocenters. The Balaban J connectivity index is 1.50. The molecule has 0 aliphatic carbocycles. The van der Waals surface area contributed by atoms with Gasteiger partial charge in [0.05, 0.1) is 10.7 Å². The van der Waals surface area contributed by atoms with E-state index in [0.29, 0.717) is 37.6 Å². The standard InChI is InChI=1S/C20H21ClN4O2/c21-15-6-2-4-8-17(15)23-9-11-24(12-10-23)20(27)25-16-7-3-1-5-14(16)13-18(25)19(22)26/h1-8,18H,9-13H2,(H2,22,26). The van der Waals surface area contributed by atoms with Gasteiger partial charge in [-0.05, 0) is 23.8 Å². The topological polar surface area (TPSA) is 69.9 Å². The Bertz CT molecular complexity index is 880. The van der Waals surface area contributed by atoms with Crippen LogP contribution in [0.15, 0.2) is 48.5 Å². The van der Waals surface area contributed by atoms with Crippen LogP contribution in [0, 0.1) is 0 Å². The summed E-state index contributed by atoms with van der Waals surface area (Å²) in [6.45, 7) is 2.50. The molecule has 140 valence electrons. The molecule has 1 unspecified atom stereocenters. The number of primary amides is 1. The second-order valence-corrected chi connectivity index (χ2v) is 7.24. The maximum Gasteiger partial charge on any atom is 0.325 e. The second kappa shape index (κ2) is 7.12. The number of nitrogens with two attached hydrogens (primary N) is 1. The molecule has 6 nitrogen and oxygen atoms in total. The minimum absolute atomic E-state index is 0.164. The van der Waals surface area contributed by atoms with Crippen LogP contribution >= 0.6 is 11.6 Å². The van der Waals surface area contributed by atoms with Gasteiger partial charge < -0.3 is 15.5 Å². The Kier molecular flexibility index (Phi) is 4.66. The number of amides is 3. The smallest absolute Gasteiger partial charge is 0.325 e. The number of hydrogen-bond donors (Lipinski definition) is 1. The molecule has 2 aliphatic rings. The number of halogens is 1. The van der Waals surface area contributed by atoms with E-state index in [9.17, 15) is 9.59 Å². The van der Waals surface area contributed by atoms with Gasteiger partial charge >= 0.3 is 6.03 Å². The zero-order valence-electron chi connectivity index (χ0n) is 14.8. The molecule has 2 aromatic carbocycles. The van der Waals surface area contributed by atoms with E-state index in [0.717, 1.165) is 16.9 Å². The number of carbonyl (C=O) groups excluding carboxylic acids is 2. The Hall–Kier alpha value is -2.73. The zero-order chi connectivity index (χ0) is 19.0. The monoisotopic (exact) mass is 384 g/mol. The molecule has 2 aromatic rings. The second-order valence-electron chi connectivity index (χ2n) is 6.83. The SMILES string of the molecule is NC(=O)C1Cc2ccccc2N1C(=O)N1CCN(c2ccccc2Cl)CC1. The van der Waals surface area contributed by atoms with E-state index >= 15 is 0 Å². The van der Waals surface area contributed by atoms with Crippen molar-refractivity contribution in [3.63, 3.8) is 0 Å². The summed E-state index contributed by atoms with van der Waals surface area (Å²) in [7, 11) is 0. The first-order valence-electron chi connectivity index (χ1n) is 9.01. The maximum atomic E-state index is 13.2. The molecule has 0 spiro atoms. The predicted molar refractivity (Wildman–Crippen MR) is 106 cm³/mol. The van der Waals surface area contributed by atoms with Gasteiger partial charge in [-0.1, -0.05) is 41.9 Å². The third-order valence-corrected chi connectivity index (χ3v) is 5.57. The van der Waals surface area contributed by atoms with Crippen molar-refractivity contribution in [3.05, 3.63) is 59.1 Å². The van der Waals surface area contributed by atoms with E-state index in [1.54, 1.807) is 9.80 Å². The van der Waals surface area contributed by atoms with Crippen LogP contribution in [0.3, 0.4) is 0 Å². The summed E-state index contributed by atoms with van der Waals surface area (Å²) < 4.78 is 0. The number of anilines is 2. The summed E-state index contributed by atoms with van der Waals surface area (Å²) >= 11 is 6.29. The summed E-state index contributed by atoms with van der Waals surface area (Å²) in [6, 6.07) is 14.5. The van der Waals surface area contributed by atoms with Crippen LogP contribution in [0.1, 0.15) is 5.56 Å². The van der Waals surface area contributed by atoms with Crippen LogP contribution in [0.2, 0.25) is 5.02 Å². The van der Waals surface area contributed by atoms with Gasteiger partial charge in [-0.25, -0.2) is 4.79 Å². The first kappa shape index (κ1) is 17.7. The van der Waals surface area contributed by atoms with Gasteiger partial charge in [0.25, 0.3) is 0 Å². The van der Waals surface area contributed by atoms with Gasteiger partial charge in [-0.2, -0.15) is 0 Å². The number of hydrogen-bond acceptors (Lipinski definition) is 3. The van der Waals surface area contributed by atoms with E-state index in [4.69, 9.17) is 17.3 Å². The van der Waals surface area contributed by atoms with Crippen molar-refractivity contribution >= 4 is 34.9 Å². The van der Waals surface area contributed by atoms with Gasteiger partial charge in [-0.15, -0.1) is 0 Å². The van der Waals surface area contributed by atoms with Gasteiger partial charge in [0, 0.05) is 38.3 Å². The van der Waals surface area contributed by atoms with Crippen molar-refractivity contribution in [2.45, 2.75) is 12.5 Å². The number of carbonyl (C=O) groups is 2. The Morgan fingerprint density at radius 3 is 2.22 bits per heavy atom. The van der Waals surface area contributed by atoms with Gasteiger partial charge in [0.15, 0.2) is 0 Å². The Morgan fingerprint density at radius 1 is 0.926 bits per heavy atom. The van der Waals surface area contributed by atoms with E-state index in [1.807, 2.05) is 48.5 Å². The number of rotatable bonds is 2. The molecular formula is C20H21ClN4O2. The van der Waals surface area contributed by atoms with Gasteiger partial charge in [0.2, 0.25) is 5.91 Å². The number of piperazine rings is 1. The zero-order valence-corrected chi connectivity index (χ0v) is 15.6. The summed E-state index contributed by atoms with van der Waals surface area (Å²) in [5.41, 5.74) is 8.31. The Morgan fingerprint density at radius 2 is 1.56 bits per heavy atom. The van der Waals surface area contributed by atoms with Crippen molar-refractivity contribution < 1.29 is 9.59 Å². The molecule has 0 radical (unpaired) electrons.